The van der Waals surface area contributed by atoms with Gasteiger partial charge < -0.3 is 10.2 Å². The molecular formula is C12H16O2. The normalized spacial score (nSPS) is 39.1. The van der Waals surface area contributed by atoms with Crippen molar-refractivity contribution < 1.29 is 11.6 Å². The quantitative estimate of drug-likeness (QED) is 0.714. The van der Waals surface area contributed by atoms with Gasteiger partial charge in [-0.05, 0) is 18.4 Å². The molecule has 1 aromatic rings. The fourth-order valence-electron chi connectivity index (χ4n) is 2.00. The molecule has 2 heteroatoms. The Hall–Kier alpha value is -0.860. The van der Waals surface area contributed by atoms with Gasteiger partial charge >= 0.3 is 0 Å². The second kappa shape index (κ2) is 3.71. The first-order chi connectivity index (χ1) is 7.15. The summed E-state index contributed by atoms with van der Waals surface area (Å²) < 4.78 is 7.88. The number of benzene rings is 1. The van der Waals surface area contributed by atoms with E-state index in [1.165, 1.54) is 0 Å². The molecule has 0 spiro atoms. The number of rotatable bonds is 1. The van der Waals surface area contributed by atoms with E-state index < -0.39 is 18.1 Å². The molecule has 76 valence electrons. The largest absolute Gasteiger partial charge is 0.390 e. The minimum absolute atomic E-state index is 0.570. The average Bonchev–Trinajstić information content (AvgIpc) is 2.27. The lowest BCUT2D eigenvalue weighted by atomic mass is 9.77. The number of hydrogen-bond donors (Lipinski definition) is 2. The maximum atomic E-state index is 10.4. The van der Waals surface area contributed by atoms with Crippen LogP contribution in [0.2, 0.25) is 0 Å². The highest BCUT2D eigenvalue weighted by Crippen LogP contribution is 2.36. The van der Waals surface area contributed by atoms with Crippen molar-refractivity contribution in [3.8, 4) is 0 Å². The predicted molar refractivity (Wildman–Crippen MR) is 54.8 cm³/mol. The molecule has 1 aromatic carbocycles. The first-order valence-electron chi connectivity index (χ1n) is 5.61. The Labute approximate surface area is 85.6 Å². The van der Waals surface area contributed by atoms with E-state index in [0.717, 1.165) is 6.42 Å². The third-order valence-electron chi connectivity index (χ3n) is 2.88. The molecule has 14 heavy (non-hydrogen) atoms. The monoisotopic (exact) mass is 193 g/mol. The van der Waals surface area contributed by atoms with Crippen molar-refractivity contribution in [1.29, 1.82) is 0 Å². The topological polar surface area (TPSA) is 40.5 Å². The summed E-state index contributed by atoms with van der Waals surface area (Å²) in [5, 5.41) is 20.3. The van der Waals surface area contributed by atoms with Crippen LogP contribution in [0.1, 0.15) is 32.6 Å². The van der Waals surface area contributed by atoms with Crippen LogP contribution in [0.15, 0.2) is 30.3 Å². The van der Waals surface area contributed by atoms with Crippen LogP contribution in [0.3, 0.4) is 0 Å². The Bertz CT molecular complexity index is 316. The molecule has 1 fully saturated rings. The molecule has 0 radical (unpaired) electrons. The van der Waals surface area contributed by atoms with Gasteiger partial charge in [-0.2, -0.15) is 0 Å². The molecule has 3 atom stereocenters. The molecule has 0 bridgehead atoms. The zero-order chi connectivity index (χ0) is 10.9. The fraction of sp³-hybridized carbons (Fsp3) is 0.500. The van der Waals surface area contributed by atoms with Crippen LogP contribution in [0.4, 0.5) is 0 Å². The van der Waals surface area contributed by atoms with E-state index >= 15 is 0 Å². The molecule has 0 saturated heterocycles. The van der Waals surface area contributed by atoms with E-state index in [4.69, 9.17) is 1.37 Å². The van der Waals surface area contributed by atoms with Gasteiger partial charge in [0.05, 0.1) is 6.10 Å². The summed E-state index contributed by atoms with van der Waals surface area (Å²) in [6.07, 6.45) is 0.563. The van der Waals surface area contributed by atoms with Gasteiger partial charge in [-0.25, -0.2) is 0 Å². The highest BCUT2D eigenvalue weighted by atomic mass is 16.3. The van der Waals surface area contributed by atoms with Crippen LogP contribution < -0.4 is 0 Å². The standard InChI is InChI=1S/C12H16O2/c13-11-8-4-5-9-12(11,14)10-6-2-1-3-7-10/h1-3,6-7,11,13-14H,4-5,8-9H2/t11-,12-/m1/s1/i9D/t9-,11-,12-. The fourth-order valence-corrected chi connectivity index (χ4v) is 2.00. The molecule has 1 aliphatic carbocycles. The molecule has 0 amide bonds. The van der Waals surface area contributed by atoms with Gasteiger partial charge in [0.1, 0.15) is 5.60 Å². The summed E-state index contributed by atoms with van der Waals surface area (Å²) in [6, 6.07) is 9.05. The Morgan fingerprint density at radius 2 is 2.00 bits per heavy atom. The minimum atomic E-state index is -1.39. The molecule has 2 N–H and O–H groups in total. The van der Waals surface area contributed by atoms with Crippen LogP contribution >= 0.6 is 0 Å². The summed E-state index contributed by atoms with van der Waals surface area (Å²) in [7, 11) is 0. The van der Waals surface area contributed by atoms with E-state index in [2.05, 4.69) is 0 Å². The molecule has 0 unspecified atom stereocenters. The Morgan fingerprint density at radius 3 is 2.64 bits per heavy atom. The lowest BCUT2D eigenvalue weighted by Crippen LogP contribution is -2.41. The van der Waals surface area contributed by atoms with Gasteiger partial charge in [-0.1, -0.05) is 43.2 Å². The van der Waals surface area contributed by atoms with Gasteiger partial charge in [0.15, 0.2) is 0 Å². The van der Waals surface area contributed by atoms with E-state index in [0.29, 0.717) is 18.4 Å². The minimum Gasteiger partial charge on any atom is -0.390 e. The molecule has 1 saturated carbocycles. The van der Waals surface area contributed by atoms with Gasteiger partial charge in [-0.15, -0.1) is 0 Å². The zero-order valence-electron chi connectivity index (χ0n) is 9.06. The zero-order valence-corrected chi connectivity index (χ0v) is 8.06. The third kappa shape index (κ3) is 1.56. The van der Waals surface area contributed by atoms with Gasteiger partial charge in [-0.3, -0.25) is 0 Å². The summed E-state index contributed by atoms with van der Waals surface area (Å²) in [6.45, 7) is 0. The summed E-state index contributed by atoms with van der Waals surface area (Å²) in [5.74, 6) is 0. The van der Waals surface area contributed by atoms with Crippen LogP contribution in [-0.2, 0) is 5.60 Å². The highest BCUT2D eigenvalue weighted by Gasteiger charge is 2.38. The number of aliphatic hydroxyl groups is 2. The first-order valence-corrected chi connectivity index (χ1v) is 5.04. The van der Waals surface area contributed by atoms with Gasteiger partial charge in [0.25, 0.3) is 0 Å². The average molecular weight is 193 g/mol. The lowest BCUT2D eigenvalue weighted by molar-refractivity contribution is -0.106. The maximum Gasteiger partial charge on any atom is 0.115 e. The van der Waals surface area contributed by atoms with Gasteiger partial charge in [0, 0.05) is 1.37 Å². The second-order valence-electron chi connectivity index (χ2n) is 3.84. The van der Waals surface area contributed by atoms with Crippen molar-refractivity contribution in [1.82, 2.24) is 0 Å². The van der Waals surface area contributed by atoms with E-state index in [1.807, 2.05) is 18.2 Å². The first kappa shape index (κ1) is 8.45. The maximum absolute atomic E-state index is 10.4. The van der Waals surface area contributed by atoms with Crippen LogP contribution in [0.25, 0.3) is 0 Å². The van der Waals surface area contributed by atoms with Gasteiger partial charge in [0.2, 0.25) is 0 Å². The van der Waals surface area contributed by atoms with Crippen molar-refractivity contribution in [3.05, 3.63) is 35.9 Å². The number of aliphatic hydroxyl groups excluding tert-OH is 1. The molecule has 0 heterocycles. The smallest absolute Gasteiger partial charge is 0.115 e. The Morgan fingerprint density at radius 1 is 1.29 bits per heavy atom. The van der Waals surface area contributed by atoms with E-state index in [9.17, 15) is 10.2 Å². The predicted octanol–water partition coefficient (Wildman–Crippen LogP) is 1.81. The molecule has 1 aliphatic rings. The third-order valence-corrected chi connectivity index (χ3v) is 2.88. The highest BCUT2D eigenvalue weighted by molar-refractivity contribution is 5.24. The molecule has 0 aromatic heterocycles. The summed E-state index contributed by atoms with van der Waals surface area (Å²) in [4.78, 5) is 0. The van der Waals surface area contributed by atoms with Crippen LogP contribution in [0.5, 0.6) is 0 Å². The van der Waals surface area contributed by atoms with Crippen LogP contribution in [-0.4, -0.2) is 16.3 Å². The van der Waals surface area contributed by atoms with Crippen molar-refractivity contribution in [2.75, 3.05) is 0 Å². The summed E-state index contributed by atoms with van der Waals surface area (Å²) in [5.41, 5.74) is -0.739. The lowest BCUT2D eigenvalue weighted by Gasteiger charge is -2.37. The van der Waals surface area contributed by atoms with Crippen molar-refractivity contribution in [3.63, 3.8) is 0 Å². The SMILES string of the molecule is [2H][C@@H]1CCC[C@@H](O)[C@]1(O)c1ccccc1. The molecule has 2 rings (SSSR count). The molecular weight excluding hydrogens is 176 g/mol. The van der Waals surface area contributed by atoms with Crippen LogP contribution in [0, 0.1) is 0 Å². The van der Waals surface area contributed by atoms with E-state index in [1.54, 1.807) is 12.1 Å². The summed E-state index contributed by atoms with van der Waals surface area (Å²) >= 11 is 0. The number of hydrogen-bond acceptors (Lipinski definition) is 2. The van der Waals surface area contributed by atoms with Crippen molar-refractivity contribution in [2.24, 2.45) is 0 Å². The second-order valence-corrected chi connectivity index (χ2v) is 3.84. The Kier molecular flexibility index (Phi) is 2.24. The van der Waals surface area contributed by atoms with Crippen molar-refractivity contribution in [2.45, 2.75) is 37.4 Å². The van der Waals surface area contributed by atoms with Crippen molar-refractivity contribution >= 4 is 0 Å². The Balaban J connectivity index is 2.38. The molecule has 0 aliphatic heterocycles. The van der Waals surface area contributed by atoms with E-state index in [-0.39, 0.29) is 0 Å². The molecule has 2 nitrogen and oxygen atoms in total.